The molecule has 0 saturated heterocycles. The second kappa shape index (κ2) is 7.11. The van der Waals surface area contributed by atoms with Crippen LogP contribution in [0.25, 0.3) is 0 Å². The number of imide groups is 1. The number of primary amides is 1. The molecule has 0 fully saturated rings. The van der Waals surface area contributed by atoms with Crippen LogP contribution in [0.2, 0.25) is 5.02 Å². The third-order valence-electron chi connectivity index (χ3n) is 2.64. The summed E-state index contributed by atoms with van der Waals surface area (Å²) in [6.07, 6.45) is 0. The highest BCUT2D eigenvalue weighted by Gasteiger charge is 2.16. The number of nitrogens with one attached hydrogen (secondary N) is 2. The largest absolute Gasteiger partial charge is 0.351 e. The Morgan fingerprint density at radius 3 is 2.32 bits per heavy atom. The van der Waals surface area contributed by atoms with E-state index in [1.165, 1.54) is 0 Å². The molecule has 0 aliphatic heterocycles. The molecule has 19 heavy (non-hydrogen) atoms. The van der Waals surface area contributed by atoms with Gasteiger partial charge in [0.2, 0.25) is 5.91 Å². The van der Waals surface area contributed by atoms with Gasteiger partial charge >= 0.3 is 6.03 Å². The molecule has 0 unspecified atom stereocenters. The Bertz CT molecular complexity index is 446. The predicted molar refractivity (Wildman–Crippen MR) is 74.8 cm³/mol. The summed E-state index contributed by atoms with van der Waals surface area (Å²) in [7, 11) is 0. The number of amides is 3. The van der Waals surface area contributed by atoms with Crippen molar-refractivity contribution in [1.82, 2.24) is 10.6 Å². The van der Waals surface area contributed by atoms with Crippen LogP contribution in [0, 0.1) is 5.92 Å². The fraction of sp³-hybridized carbons (Fsp3) is 0.385. The normalized spacial score (nSPS) is 12.2. The zero-order valence-corrected chi connectivity index (χ0v) is 11.7. The summed E-state index contributed by atoms with van der Waals surface area (Å²) in [5, 5.41) is 5.78. The first kappa shape index (κ1) is 15.5. The summed E-state index contributed by atoms with van der Waals surface area (Å²) >= 11 is 5.84. The van der Waals surface area contributed by atoms with Crippen molar-refractivity contribution in [3.8, 4) is 0 Å². The van der Waals surface area contributed by atoms with E-state index in [2.05, 4.69) is 5.32 Å². The molecule has 0 spiro atoms. The lowest BCUT2D eigenvalue weighted by Crippen LogP contribution is -2.42. The van der Waals surface area contributed by atoms with Crippen molar-refractivity contribution in [2.24, 2.45) is 11.7 Å². The molecule has 1 rings (SSSR count). The number of carbonyl (C=O) groups is 2. The fourth-order valence-corrected chi connectivity index (χ4v) is 1.92. The van der Waals surface area contributed by atoms with Crippen molar-refractivity contribution in [1.29, 1.82) is 0 Å². The zero-order valence-electron chi connectivity index (χ0n) is 10.9. The summed E-state index contributed by atoms with van der Waals surface area (Å²) in [5.41, 5.74) is 5.91. The lowest BCUT2D eigenvalue weighted by molar-refractivity contribution is -0.119. The third-order valence-corrected chi connectivity index (χ3v) is 2.89. The Labute approximate surface area is 117 Å². The standard InChI is InChI=1S/C13H18ClN3O2/c1-8(2)12(9-3-5-10(14)6-4-9)16-7-11(18)17-13(15)19/h3-6,8,12,16H,7H2,1-2H3,(H3,15,17,18,19)/t12-/m0/s1. The van der Waals surface area contributed by atoms with E-state index in [4.69, 9.17) is 17.3 Å². The van der Waals surface area contributed by atoms with Gasteiger partial charge in [-0.05, 0) is 23.6 Å². The van der Waals surface area contributed by atoms with Crippen molar-refractivity contribution in [3.05, 3.63) is 34.9 Å². The SMILES string of the molecule is CC(C)[C@H](NCC(=O)NC(N)=O)c1ccc(Cl)cc1. The van der Waals surface area contributed by atoms with E-state index in [1.54, 1.807) is 12.1 Å². The molecule has 6 heteroatoms. The van der Waals surface area contributed by atoms with E-state index in [0.717, 1.165) is 5.56 Å². The molecule has 0 bridgehead atoms. The van der Waals surface area contributed by atoms with E-state index in [1.807, 2.05) is 31.3 Å². The van der Waals surface area contributed by atoms with Crippen LogP contribution in [0.1, 0.15) is 25.5 Å². The van der Waals surface area contributed by atoms with Crippen molar-refractivity contribution >= 4 is 23.5 Å². The molecule has 5 nitrogen and oxygen atoms in total. The minimum absolute atomic E-state index is 0.00380. The molecule has 1 aromatic carbocycles. The number of urea groups is 1. The van der Waals surface area contributed by atoms with Crippen molar-refractivity contribution in [2.75, 3.05) is 6.54 Å². The Morgan fingerprint density at radius 1 is 1.26 bits per heavy atom. The minimum Gasteiger partial charge on any atom is -0.351 e. The summed E-state index contributed by atoms with van der Waals surface area (Å²) in [6.45, 7) is 4.10. The molecule has 3 amide bonds. The highest BCUT2D eigenvalue weighted by Crippen LogP contribution is 2.22. The molecule has 1 aromatic rings. The first-order valence-electron chi connectivity index (χ1n) is 5.98. The maximum atomic E-state index is 11.4. The number of rotatable bonds is 5. The maximum Gasteiger partial charge on any atom is 0.318 e. The Kier molecular flexibility index (Phi) is 5.79. The van der Waals surface area contributed by atoms with Crippen molar-refractivity contribution in [3.63, 3.8) is 0 Å². The molecule has 104 valence electrons. The quantitative estimate of drug-likeness (QED) is 0.771. The monoisotopic (exact) mass is 283 g/mol. The number of halogens is 1. The van der Waals surface area contributed by atoms with E-state index in [9.17, 15) is 9.59 Å². The second-order valence-corrected chi connectivity index (χ2v) is 5.00. The number of hydrogen-bond donors (Lipinski definition) is 3. The van der Waals surface area contributed by atoms with Gasteiger partial charge in [-0.15, -0.1) is 0 Å². The van der Waals surface area contributed by atoms with Gasteiger partial charge in [-0.1, -0.05) is 37.6 Å². The Balaban J connectivity index is 2.66. The predicted octanol–water partition coefficient (Wildman–Crippen LogP) is 1.82. The minimum atomic E-state index is -0.848. The molecule has 0 aliphatic carbocycles. The molecule has 1 atom stereocenters. The maximum absolute atomic E-state index is 11.4. The first-order chi connectivity index (χ1) is 8.90. The third kappa shape index (κ3) is 5.28. The molecule has 0 radical (unpaired) electrons. The van der Waals surface area contributed by atoms with E-state index < -0.39 is 11.9 Å². The van der Waals surface area contributed by atoms with Gasteiger partial charge in [-0.25, -0.2) is 4.79 Å². The highest BCUT2D eigenvalue weighted by molar-refractivity contribution is 6.30. The average molecular weight is 284 g/mol. The fourth-order valence-electron chi connectivity index (χ4n) is 1.79. The molecular weight excluding hydrogens is 266 g/mol. The van der Waals surface area contributed by atoms with Gasteiger partial charge in [0.25, 0.3) is 0 Å². The lowest BCUT2D eigenvalue weighted by Gasteiger charge is -2.22. The van der Waals surface area contributed by atoms with Gasteiger partial charge in [0, 0.05) is 11.1 Å². The van der Waals surface area contributed by atoms with Gasteiger partial charge in [0.05, 0.1) is 6.54 Å². The van der Waals surface area contributed by atoms with Gasteiger partial charge < -0.3 is 11.1 Å². The van der Waals surface area contributed by atoms with Crippen LogP contribution in [0.3, 0.4) is 0 Å². The van der Waals surface area contributed by atoms with E-state index in [0.29, 0.717) is 5.02 Å². The molecule has 0 aliphatic rings. The van der Waals surface area contributed by atoms with Crippen LogP contribution in [-0.2, 0) is 4.79 Å². The van der Waals surface area contributed by atoms with Crippen LogP contribution in [-0.4, -0.2) is 18.5 Å². The summed E-state index contributed by atoms with van der Waals surface area (Å²) < 4.78 is 0. The first-order valence-corrected chi connectivity index (χ1v) is 6.36. The van der Waals surface area contributed by atoms with Crippen LogP contribution >= 0.6 is 11.6 Å². The van der Waals surface area contributed by atoms with Crippen LogP contribution in [0.15, 0.2) is 24.3 Å². The van der Waals surface area contributed by atoms with Crippen molar-refractivity contribution < 1.29 is 9.59 Å². The molecular formula is C13H18ClN3O2. The van der Waals surface area contributed by atoms with Gasteiger partial charge in [-0.3, -0.25) is 10.1 Å². The average Bonchev–Trinajstić information content (AvgIpc) is 2.30. The molecule has 0 aromatic heterocycles. The molecule has 0 heterocycles. The van der Waals surface area contributed by atoms with Crippen LogP contribution in [0.4, 0.5) is 4.79 Å². The van der Waals surface area contributed by atoms with Gasteiger partial charge in [0.1, 0.15) is 0 Å². The highest BCUT2D eigenvalue weighted by atomic mass is 35.5. The molecule has 0 saturated carbocycles. The van der Waals surface area contributed by atoms with Crippen LogP contribution in [0.5, 0.6) is 0 Å². The number of carbonyl (C=O) groups excluding carboxylic acids is 2. The molecule has 4 N–H and O–H groups in total. The summed E-state index contributed by atoms with van der Waals surface area (Å²) in [6, 6.07) is 6.57. The number of nitrogens with two attached hydrogens (primary N) is 1. The van der Waals surface area contributed by atoms with E-state index in [-0.39, 0.29) is 18.5 Å². The van der Waals surface area contributed by atoms with E-state index >= 15 is 0 Å². The Hall–Kier alpha value is -1.59. The smallest absolute Gasteiger partial charge is 0.318 e. The van der Waals surface area contributed by atoms with Gasteiger partial charge in [0.15, 0.2) is 0 Å². The lowest BCUT2D eigenvalue weighted by atomic mass is 9.96. The zero-order chi connectivity index (χ0) is 14.4. The number of benzene rings is 1. The van der Waals surface area contributed by atoms with Gasteiger partial charge in [-0.2, -0.15) is 0 Å². The summed E-state index contributed by atoms with van der Waals surface area (Å²) in [4.78, 5) is 21.9. The number of hydrogen-bond acceptors (Lipinski definition) is 3. The van der Waals surface area contributed by atoms with Crippen LogP contribution < -0.4 is 16.4 Å². The Morgan fingerprint density at radius 2 is 1.84 bits per heavy atom. The topological polar surface area (TPSA) is 84.2 Å². The second-order valence-electron chi connectivity index (χ2n) is 4.57. The summed E-state index contributed by atoms with van der Waals surface area (Å²) in [5.74, 6) is -0.172. The van der Waals surface area contributed by atoms with Crippen molar-refractivity contribution in [2.45, 2.75) is 19.9 Å².